The third kappa shape index (κ3) is 3.56. The molecule has 82 valence electrons. The zero-order valence-corrected chi connectivity index (χ0v) is 9.84. The highest BCUT2D eigenvalue weighted by atomic mass is 35.5. The van der Waals surface area contributed by atoms with Crippen LogP contribution in [0.1, 0.15) is 30.5 Å². The lowest BCUT2D eigenvalue weighted by Crippen LogP contribution is -2.27. The van der Waals surface area contributed by atoms with Crippen LogP contribution < -0.4 is 5.32 Å². The van der Waals surface area contributed by atoms with Gasteiger partial charge in [0, 0.05) is 12.3 Å². The largest absolute Gasteiger partial charge is 0.350 e. The minimum absolute atomic E-state index is 0.000697. The molecule has 0 heterocycles. The number of rotatable bonds is 4. The van der Waals surface area contributed by atoms with Gasteiger partial charge >= 0.3 is 0 Å². The third-order valence-corrected chi connectivity index (χ3v) is 2.54. The van der Waals surface area contributed by atoms with Gasteiger partial charge in [-0.05, 0) is 25.0 Å². The van der Waals surface area contributed by atoms with E-state index in [1.807, 2.05) is 38.1 Å². The van der Waals surface area contributed by atoms with E-state index in [-0.39, 0.29) is 11.9 Å². The quantitative estimate of drug-likeness (QED) is 0.785. The topological polar surface area (TPSA) is 29.1 Å². The zero-order valence-electron chi connectivity index (χ0n) is 9.09. The van der Waals surface area contributed by atoms with E-state index in [4.69, 9.17) is 11.6 Å². The highest BCUT2D eigenvalue weighted by Gasteiger charge is 2.10. The number of hydrogen-bond acceptors (Lipinski definition) is 1. The first-order valence-electron chi connectivity index (χ1n) is 5.06. The zero-order chi connectivity index (χ0) is 11.3. The second-order valence-corrected chi connectivity index (χ2v) is 3.96. The van der Waals surface area contributed by atoms with E-state index in [0.29, 0.717) is 12.3 Å². The van der Waals surface area contributed by atoms with Gasteiger partial charge in [0.1, 0.15) is 0 Å². The van der Waals surface area contributed by atoms with E-state index >= 15 is 0 Å². The van der Waals surface area contributed by atoms with Gasteiger partial charge < -0.3 is 5.32 Å². The SMILES string of the molecule is Cc1ccccc1[C@@H](C)NC(=O)CCCl. The second kappa shape index (κ2) is 5.76. The van der Waals surface area contributed by atoms with Gasteiger partial charge in [0.2, 0.25) is 5.91 Å². The summed E-state index contributed by atoms with van der Waals surface area (Å²) in [4.78, 5) is 11.3. The Kier molecular flexibility index (Phi) is 4.63. The number of amides is 1. The van der Waals surface area contributed by atoms with Crippen LogP contribution in [0.3, 0.4) is 0 Å². The van der Waals surface area contributed by atoms with Gasteiger partial charge in [0.05, 0.1) is 6.04 Å². The third-order valence-electron chi connectivity index (χ3n) is 2.35. The summed E-state index contributed by atoms with van der Waals surface area (Å²) < 4.78 is 0. The average molecular weight is 226 g/mol. The van der Waals surface area contributed by atoms with Gasteiger partial charge in [-0.2, -0.15) is 0 Å². The van der Waals surface area contributed by atoms with Crippen LogP contribution in [0.2, 0.25) is 0 Å². The number of halogens is 1. The van der Waals surface area contributed by atoms with E-state index in [1.165, 1.54) is 5.56 Å². The number of hydrogen-bond donors (Lipinski definition) is 1. The molecule has 2 nitrogen and oxygen atoms in total. The summed E-state index contributed by atoms with van der Waals surface area (Å²) in [6.45, 7) is 4.02. The van der Waals surface area contributed by atoms with Crippen LogP contribution in [0.4, 0.5) is 0 Å². The monoisotopic (exact) mass is 225 g/mol. The van der Waals surface area contributed by atoms with Crippen LogP contribution in [-0.4, -0.2) is 11.8 Å². The Morgan fingerprint density at radius 3 is 2.73 bits per heavy atom. The summed E-state index contributed by atoms with van der Waals surface area (Å²) in [5.41, 5.74) is 2.34. The Labute approximate surface area is 95.6 Å². The van der Waals surface area contributed by atoms with Crippen molar-refractivity contribution in [3.63, 3.8) is 0 Å². The Bertz CT molecular complexity index is 338. The lowest BCUT2D eigenvalue weighted by molar-refractivity contribution is -0.121. The number of benzene rings is 1. The summed E-state index contributed by atoms with van der Waals surface area (Å²) in [7, 11) is 0. The summed E-state index contributed by atoms with van der Waals surface area (Å²) >= 11 is 5.50. The molecule has 0 unspecified atom stereocenters. The van der Waals surface area contributed by atoms with Gasteiger partial charge in [-0.3, -0.25) is 4.79 Å². The van der Waals surface area contributed by atoms with E-state index in [1.54, 1.807) is 0 Å². The lowest BCUT2D eigenvalue weighted by atomic mass is 10.0. The Balaban J connectivity index is 2.65. The number of nitrogens with one attached hydrogen (secondary N) is 1. The molecule has 1 aromatic carbocycles. The minimum atomic E-state index is 0.000697. The maximum Gasteiger partial charge on any atom is 0.221 e. The van der Waals surface area contributed by atoms with Gasteiger partial charge in [-0.15, -0.1) is 11.6 Å². The van der Waals surface area contributed by atoms with Crippen molar-refractivity contribution in [2.45, 2.75) is 26.3 Å². The van der Waals surface area contributed by atoms with Crippen LogP contribution >= 0.6 is 11.6 Å². The van der Waals surface area contributed by atoms with Gasteiger partial charge in [0.25, 0.3) is 0 Å². The molecule has 3 heteroatoms. The first kappa shape index (κ1) is 12.1. The first-order valence-corrected chi connectivity index (χ1v) is 5.59. The van der Waals surface area contributed by atoms with E-state index < -0.39 is 0 Å². The van der Waals surface area contributed by atoms with Crippen molar-refractivity contribution < 1.29 is 4.79 Å². The summed E-state index contributed by atoms with van der Waals surface area (Å²) in [5.74, 6) is 0.368. The molecule has 0 spiro atoms. The molecular weight excluding hydrogens is 210 g/mol. The van der Waals surface area contributed by atoms with Crippen molar-refractivity contribution in [2.24, 2.45) is 0 Å². The number of carbonyl (C=O) groups is 1. The standard InChI is InChI=1S/C12H16ClNO/c1-9-5-3-4-6-11(9)10(2)14-12(15)7-8-13/h3-6,10H,7-8H2,1-2H3,(H,14,15)/t10-/m1/s1. The Hall–Kier alpha value is -1.02. The molecular formula is C12H16ClNO. The van der Waals surface area contributed by atoms with E-state index in [2.05, 4.69) is 5.32 Å². The number of aryl methyl sites for hydroxylation is 1. The molecule has 0 radical (unpaired) electrons. The molecule has 1 amide bonds. The smallest absolute Gasteiger partial charge is 0.221 e. The molecule has 1 aromatic rings. The van der Waals surface area contributed by atoms with Crippen LogP contribution in [0.15, 0.2) is 24.3 Å². The molecule has 1 atom stereocenters. The molecule has 0 saturated carbocycles. The predicted octanol–water partition coefficient (Wildman–Crippen LogP) is 2.80. The molecule has 0 bridgehead atoms. The van der Waals surface area contributed by atoms with Gasteiger partial charge in [-0.1, -0.05) is 24.3 Å². The van der Waals surface area contributed by atoms with Crippen molar-refractivity contribution in [3.05, 3.63) is 35.4 Å². The van der Waals surface area contributed by atoms with Crippen LogP contribution in [-0.2, 0) is 4.79 Å². The summed E-state index contributed by atoms with van der Waals surface area (Å²) in [6.07, 6.45) is 0.373. The van der Waals surface area contributed by atoms with Crippen LogP contribution in [0, 0.1) is 6.92 Å². The first-order chi connectivity index (χ1) is 7.15. The minimum Gasteiger partial charge on any atom is -0.350 e. The molecule has 0 aromatic heterocycles. The van der Waals surface area contributed by atoms with Crippen molar-refractivity contribution in [3.8, 4) is 0 Å². The average Bonchev–Trinajstić information content (AvgIpc) is 2.18. The van der Waals surface area contributed by atoms with E-state index in [9.17, 15) is 4.79 Å². The normalized spacial score (nSPS) is 12.2. The summed E-state index contributed by atoms with van der Waals surface area (Å²) in [6, 6.07) is 8.08. The van der Waals surface area contributed by atoms with Crippen molar-refractivity contribution in [1.82, 2.24) is 5.32 Å². The fourth-order valence-corrected chi connectivity index (χ4v) is 1.72. The maximum absolute atomic E-state index is 11.3. The molecule has 15 heavy (non-hydrogen) atoms. The Morgan fingerprint density at radius 2 is 2.13 bits per heavy atom. The number of alkyl halides is 1. The summed E-state index contributed by atoms with van der Waals surface area (Å²) in [5, 5.41) is 2.91. The molecule has 0 saturated heterocycles. The van der Waals surface area contributed by atoms with Crippen molar-refractivity contribution >= 4 is 17.5 Å². The molecule has 1 N–H and O–H groups in total. The van der Waals surface area contributed by atoms with Crippen molar-refractivity contribution in [1.29, 1.82) is 0 Å². The second-order valence-electron chi connectivity index (χ2n) is 3.58. The highest BCUT2D eigenvalue weighted by molar-refractivity contribution is 6.18. The van der Waals surface area contributed by atoms with Crippen LogP contribution in [0.5, 0.6) is 0 Å². The van der Waals surface area contributed by atoms with Gasteiger partial charge in [0.15, 0.2) is 0 Å². The highest BCUT2D eigenvalue weighted by Crippen LogP contribution is 2.16. The fourth-order valence-electron chi connectivity index (χ4n) is 1.55. The molecule has 0 aliphatic rings. The molecule has 0 fully saturated rings. The maximum atomic E-state index is 11.3. The lowest BCUT2D eigenvalue weighted by Gasteiger charge is -2.16. The van der Waals surface area contributed by atoms with Gasteiger partial charge in [-0.25, -0.2) is 0 Å². The molecule has 0 aliphatic carbocycles. The Morgan fingerprint density at radius 1 is 1.47 bits per heavy atom. The predicted molar refractivity (Wildman–Crippen MR) is 63.1 cm³/mol. The van der Waals surface area contributed by atoms with Crippen LogP contribution in [0.25, 0.3) is 0 Å². The van der Waals surface area contributed by atoms with Crippen molar-refractivity contribution in [2.75, 3.05) is 5.88 Å². The fraction of sp³-hybridized carbons (Fsp3) is 0.417. The number of carbonyl (C=O) groups excluding carboxylic acids is 1. The molecule has 0 aliphatic heterocycles. The van der Waals surface area contributed by atoms with E-state index in [0.717, 1.165) is 5.56 Å². The molecule has 1 rings (SSSR count).